The van der Waals surface area contributed by atoms with Crippen molar-refractivity contribution in [2.45, 2.75) is 33.1 Å². The SMILES string of the molecule is Cc1cccc(NC(=O)COC(=O)COc2ccc3c(c2)CCC3)c1C. The number of ether oxygens (including phenoxy) is 2. The molecule has 0 saturated carbocycles. The van der Waals surface area contributed by atoms with Crippen molar-refractivity contribution in [3.63, 3.8) is 0 Å². The zero-order valence-electron chi connectivity index (χ0n) is 15.1. The van der Waals surface area contributed by atoms with Crippen LogP contribution in [0.5, 0.6) is 5.75 Å². The largest absolute Gasteiger partial charge is 0.482 e. The van der Waals surface area contributed by atoms with Crippen LogP contribution in [0.15, 0.2) is 36.4 Å². The molecule has 0 unspecified atom stereocenters. The lowest BCUT2D eigenvalue weighted by Gasteiger charge is -2.11. The van der Waals surface area contributed by atoms with Crippen molar-refractivity contribution >= 4 is 17.6 Å². The zero-order chi connectivity index (χ0) is 18.5. The summed E-state index contributed by atoms with van der Waals surface area (Å²) in [6, 6.07) is 11.5. The number of hydrogen-bond acceptors (Lipinski definition) is 4. The number of anilines is 1. The van der Waals surface area contributed by atoms with E-state index in [2.05, 4.69) is 5.32 Å². The molecule has 0 aromatic heterocycles. The molecule has 0 saturated heterocycles. The summed E-state index contributed by atoms with van der Waals surface area (Å²) in [5.74, 6) is -0.284. The van der Waals surface area contributed by atoms with Crippen molar-refractivity contribution in [3.8, 4) is 5.75 Å². The fourth-order valence-corrected chi connectivity index (χ4v) is 3.04. The minimum Gasteiger partial charge on any atom is -0.482 e. The third-order valence-corrected chi connectivity index (χ3v) is 4.67. The summed E-state index contributed by atoms with van der Waals surface area (Å²) in [5.41, 5.74) is 5.43. The number of fused-ring (bicyclic) bond motifs is 1. The van der Waals surface area contributed by atoms with Gasteiger partial charge in [0.25, 0.3) is 5.91 Å². The van der Waals surface area contributed by atoms with E-state index < -0.39 is 5.97 Å². The van der Waals surface area contributed by atoms with Crippen LogP contribution in [0.25, 0.3) is 0 Å². The van der Waals surface area contributed by atoms with Gasteiger partial charge in [0, 0.05) is 5.69 Å². The fraction of sp³-hybridized carbons (Fsp3) is 0.333. The Hall–Kier alpha value is -2.82. The Morgan fingerprint density at radius 2 is 1.85 bits per heavy atom. The Morgan fingerprint density at radius 3 is 2.69 bits per heavy atom. The highest BCUT2D eigenvalue weighted by Gasteiger charge is 2.13. The molecule has 5 heteroatoms. The molecule has 0 aliphatic heterocycles. The molecule has 0 fully saturated rings. The average Bonchev–Trinajstić information content (AvgIpc) is 3.10. The van der Waals surface area contributed by atoms with Gasteiger partial charge in [0.15, 0.2) is 13.2 Å². The molecule has 3 rings (SSSR count). The minimum absolute atomic E-state index is 0.213. The number of esters is 1. The molecule has 0 atom stereocenters. The standard InChI is InChI=1S/C21H23NO4/c1-14-5-3-8-19(15(14)2)22-20(23)12-26-21(24)13-25-18-10-9-16-6-4-7-17(16)11-18/h3,5,8-11H,4,6-7,12-13H2,1-2H3,(H,22,23). The summed E-state index contributed by atoms with van der Waals surface area (Å²) in [6.07, 6.45) is 3.32. The Kier molecular flexibility index (Phi) is 5.56. The van der Waals surface area contributed by atoms with Gasteiger partial charge in [0.1, 0.15) is 5.75 Å². The number of carbonyl (C=O) groups excluding carboxylic acids is 2. The Morgan fingerprint density at radius 1 is 1.04 bits per heavy atom. The predicted molar refractivity (Wildman–Crippen MR) is 99.5 cm³/mol. The van der Waals surface area contributed by atoms with E-state index in [0.29, 0.717) is 5.75 Å². The summed E-state index contributed by atoms with van der Waals surface area (Å²) >= 11 is 0. The molecule has 1 amide bonds. The van der Waals surface area contributed by atoms with Gasteiger partial charge in [-0.25, -0.2) is 4.79 Å². The number of hydrogen-bond donors (Lipinski definition) is 1. The van der Waals surface area contributed by atoms with E-state index in [1.807, 2.05) is 50.2 Å². The van der Waals surface area contributed by atoms with E-state index in [4.69, 9.17) is 9.47 Å². The molecule has 2 aromatic rings. The number of benzene rings is 2. The molecule has 2 aromatic carbocycles. The monoisotopic (exact) mass is 353 g/mol. The quantitative estimate of drug-likeness (QED) is 0.809. The topological polar surface area (TPSA) is 64.6 Å². The van der Waals surface area contributed by atoms with E-state index >= 15 is 0 Å². The van der Waals surface area contributed by atoms with Gasteiger partial charge < -0.3 is 14.8 Å². The third-order valence-electron chi connectivity index (χ3n) is 4.67. The van der Waals surface area contributed by atoms with E-state index in [-0.39, 0.29) is 19.1 Å². The molecule has 0 radical (unpaired) electrons. The van der Waals surface area contributed by atoms with Gasteiger partial charge in [-0.15, -0.1) is 0 Å². The van der Waals surface area contributed by atoms with Crippen LogP contribution in [0.4, 0.5) is 5.69 Å². The second-order valence-corrected chi connectivity index (χ2v) is 6.53. The lowest BCUT2D eigenvalue weighted by molar-refractivity contribution is -0.149. The molecule has 1 aliphatic rings. The van der Waals surface area contributed by atoms with E-state index in [1.165, 1.54) is 11.1 Å². The molecule has 136 valence electrons. The molecule has 5 nitrogen and oxygen atoms in total. The van der Waals surface area contributed by atoms with Crippen LogP contribution in [0.3, 0.4) is 0 Å². The van der Waals surface area contributed by atoms with Crippen molar-refractivity contribution in [1.82, 2.24) is 0 Å². The van der Waals surface area contributed by atoms with Crippen molar-refractivity contribution in [2.75, 3.05) is 18.5 Å². The van der Waals surface area contributed by atoms with Crippen LogP contribution in [-0.4, -0.2) is 25.1 Å². The summed E-state index contributed by atoms with van der Waals surface area (Å²) in [4.78, 5) is 23.8. The second-order valence-electron chi connectivity index (χ2n) is 6.53. The van der Waals surface area contributed by atoms with Crippen LogP contribution >= 0.6 is 0 Å². The van der Waals surface area contributed by atoms with Crippen molar-refractivity contribution in [2.24, 2.45) is 0 Å². The molecule has 1 aliphatic carbocycles. The Labute approximate surface area is 153 Å². The lowest BCUT2D eigenvalue weighted by Crippen LogP contribution is -2.24. The van der Waals surface area contributed by atoms with Crippen LogP contribution in [0.2, 0.25) is 0 Å². The van der Waals surface area contributed by atoms with Crippen LogP contribution in [0, 0.1) is 13.8 Å². The Balaban J connectivity index is 1.43. The summed E-state index contributed by atoms with van der Waals surface area (Å²) < 4.78 is 10.5. The van der Waals surface area contributed by atoms with E-state index in [1.54, 1.807) is 0 Å². The van der Waals surface area contributed by atoms with Gasteiger partial charge in [0.2, 0.25) is 0 Å². The fourth-order valence-electron chi connectivity index (χ4n) is 3.04. The zero-order valence-corrected chi connectivity index (χ0v) is 15.1. The van der Waals surface area contributed by atoms with Gasteiger partial charge >= 0.3 is 5.97 Å². The van der Waals surface area contributed by atoms with Crippen LogP contribution in [0.1, 0.15) is 28.7 Å². The summed E-state index contributed by atoms with van der Waals surface area (Å²) in [6.45, 7) is 3.36. The maximum absolute atomic E-state index is 12.0. The van der Waals surface area contributed by atoms with E-state index in [0.717, 1.165) is 36.1 Å². The molecular weight excluding hydrogens is 330 g/mol. The van der Waals surface area contributed by atoms with Crippen LogP contribution in [-0.2, 0) is 27.2 Å². The molecule has 0 heterocycles. The highest BCUT2D eigenvalue weighted by Crippen LogP contribution is 2.26. The Bertz CT molecular complexity index is 829. The molecule has 1 N–H and O–H groups in total. The summed E-state index contributed by atoms with van der Waals surface area (Å²) in [5, 5.41) is 2.75. The van der Waals surface area contributed by atoms with Crippen molar-refractivity contribution < 1.29 is 19.1 Å². The van der Waals surface area contributed by atoms with Gasteiger partial charge in [0.05, 0.1) is 0 Å². The van der Waals surface area contributed by atoms with Gasteiger partial charge in [-0.2, -0.15) is 0 Å². The smallest absolute Gasteiger partial charge is 0.344 e. The third kappa shape index (κ3) is 4.42. The average molecular weight is 353 g/mol. The first-order valence-corrected chi connectivity index (χ1v) is 8.79. The number of nitrogens with one attached hydrogen (secondary N) is 1. The summed E-state index contributed by atoms with van der Waals surface area (Å²) in [7, 11) is 0. The maximum Gasteiger partial charge on any atom is 0.344 e. The molecule has 26 heavy (non-hydrogen) atoms. The first-order chi connectivity index (χ1) is 12.5. The second kappa shape index (κ2) is 8.04. The van der Waals surface area contributed by atoms with Crippen molar-refractivity contribution in [3.05, 3.63) is 58.7 Å². The van der Waals surface area contributed by atoms with Crippen molar-refractivity contribution in [1.29, 1.82) is 0 Å². The highest BCUT2D eigenvalue weighted by molar-refractivity contribution is 5.93. The molecular formula is C21H23NO4. The number of aryl methyl sites for hydroxylation is 3. The van der Waals surface area contributed by atoms with Gasteiger partial charge in [-0.3, -0.25) is 4.79 Å². The van der Waals surface area contributed by atoms with Crippen LogP contribution < -0.4 is 10.1 Å². The number of rotatable bonds is 6. The van der Waals surface area contributed by atoms with Gasteiger partial charge in [-0.1, -0.05) is 18.2 Å². The highest BCUT2D eigenvalue weighted by atomic mass is 16.6. The molecule has 0 spiro atoms. The number of carbonyl (C=O) groups is 2. The first-order valence-electron chi connectivity index (χ1n) is 8.79. The lowest BCUT2D eigenvalue weighted by atomic mass is 10.1. The predicted octanol–water partition coefficient (Wildman–Crippen LogP) is 3.35. The number of amides is 1. The van der Waals surface area contributed by atoms with E-state index in [9.17, 15) is 9.59 Å². The maximum atomic E-state index is 12.0. The minimum atomic E-state index is -0.568. The normalized spacial score (nSPS) is 12.4. The molecule has 0 bridgehead atoms. The first kappa shape index (κ1) is 18.0. The van der Waals surface area contributed by atoms with Gasteiger partial charge in [-0.05, 0) is 73.6 Å².